The van der Waals surface area contributed by atoms with Gasteiger partial charge in [0.15, 0.2) is 0 Å². The molecule has 0 aliphatic heterocycles. The summed E-state index contributed by atoms with van der Waals surface area (Å²) >= 11 is 9.43. The van der Waals surface area contributed by atoms with Gasteiger partial charge in [0, 0.05) is 0 Å². The van der Waals surface area contributed by atoms with E-state index in [0.29, 0.717) is 6.61 Å². The quantitative estimate of drug-likeness (QED) is 0.244. The molecule has 0 radical (unpaired) electrons. The fraction of sp³-hybridized carbons (Fsp3) is 0.900. The maximum Gasteiger partial charge on any atom is 0.322 e. The largest absolute Gasteiger partial charge is 0.465 e. The smallest absolute Gasteiger partial charge is 0.322 e. The molecule has 0 unspecified atom stereocenters. The van der Waals surface area contributed by atoms with Gasteiger partial charge in [0.2, 0.25) is 0 Å². The van der Waals surface area contributed by atoms with Gasteiger partial charge in [0.25, 0.3) is 0 Å². The van der Waals surface area contributed by atoms with Gasteiger partial charge in [-0.15, -0.1) is 0 Å². The second-order valence-electron chi connectivity index (χ2n) is 4.78. The molecule has 0 aromatic rings. The van der Waals surface area contributed by atoms with E-state index in [1.807, 2.05) is 0 Å². The van der Waals surface area contributed by atoms with Crippen molar-refractivity contribution in [2.24, 2.45) is 0 Å². The van der Waals surface area contributed by atoms with Crippen molar-refractivity contribution in [2.75, 3.05) is 6.61 Å². The molecule has 0 N–H and O–H groups in total. The summed E-state index contributed by atoms with van der Waals surface area (Å²) in [4.78, 5) is 11.3. The Morgan fingerprint density at radius 3 is 2.33 bits per heavy atom. The lowest BCUT2D eigenvalue weighted by molar-refractivity contribution is -0.145. The summed E-state index contributed by atoms with van der Waals surface area (Å²) in [5.74, 6) is -0.204. The molecule has 0 aliphatic carbocycles. The molecule has 0 rings (SSSR count). The van der Waals surface area contributed by atoms with Crippen molar-refractivity contribution in [3.63, 3.8) is 0 Å². The van der Waals surface area contributed by atoms with Gasteiger partial charge in [-0.2, -0.15) is 11.1 Å². The molecule has 0 aromatic carbocycles. The maximum absolute atomic E-state index is 11.3. The SMILES string of the molecule is CC(C)(Br)C(=O)OCCCC[Si](C)(C)Cl. The van der Waals surface area contributed by atoms with E-state index in [2.05, 4.69) is 29.0 Å². The summed E-state index contributed by atoms with van der Waals surface area (Å²) in [5, 5.41) is 0. The molecular weight excluding hydrogens is 296 g/mol. The van der Waals surface area contributed by atoms with Gasteiger partial charge >= 0.3 is 5.97 Å². The van der Waals surface area contributed by atoms with E-state index < -0.39 is 11.7 Å². The molecule has 0 heterocycles. The molecule has 0 atom stereocenters. The van der Waals surface area contributed by atoms with Crippen LogP contribution in [0.25, 0.3) is 0 Å². The van der Waals surface area contributed by atoms with Crippen molar-refractivity contribution in [2.45, 2.75) is 50.2 Å². The predicted octanol–water partition coefficient (Wildman–Crippen LogP) is 3.93. The summed E-state index contributed by atoms with van der Waals surface area (Å²) in [5.41, 5.74) is 0. The zero-order chi connectivity index (χ0) is 12.1. The Labute approximate surface area is 107 Å². The van der Waals surface area contributed by atoms with Crippen LogP contribution in [0.2, 0.25) is 19.1 Å². The Kier molecular flexibility index (Phi) is 6.45. The second-order valence-corrected chi connectivity index (χ2v) is 13.8. The highest BCUT2D eigenvalue weighted by Crippen LogP contribution is 2.19. The van der Waals surface area contributed by atoms with Gasteiger partial charge < -0.3 is 4.74 Å². The van der Waals surface area contributed by atoms with E-state index in [1.54, 1.807) is 13.8 Å². The number of halogens is 2. The van der Waals surface area contributed by atoms with Gasteiger partial charge in [-0.3, -0.25) is 4.79 Å². The summed E-state index contributed by atoms with van der Waals surface area (Å²) in [7, 11) is -1.45. The van der Waals surface area contributed by atoms with Crippen LogP contribution in [0.4, 0.5) is 0 Å². The first-order chi connectivity index (χ1) is 6.63. The first-order valence-corrected chi connectivity index (χ1v) is 10.2. The topological polar surface area (TPSA) is 26.3 Å². The fourth-order valence-electron chi connectivity index (χ4n) is 0.984. The molecule has 0 saturated heterocycles. The van der Waals surface area contributed by atoms with Crippen LogP contribution >= 0.6 is 27.0 Å². The fourth-order valence-corrected chi connectivity index (χ4v) is 2.59. The van der Waals surface area contributed by atoms with E-state index in [-0.39, 0.29) is 5.97 Å². The number of unbranched alkanes of at least 4 members (excludes halogenated alkanes) is 1. The van der Waals surface area contributed by atoms with Crippen LogP contribution < -0.4 is 0 Å². The van der Waals surface area contributed by atoms with E-state index >= 15 is 0 Å². The van der Waals surface area contributed by atoms with Crippen molar-refractivity contribution in [3.8, 4) is 0 Å². The average Bonchev–Trinajstić information content (AvgIpc) is 1.99. The summed E-state index contributed by atoms with van der Waals surface area (Å²) < 4.78 is 4.53. The molecule has 0 aliphatic rings. The van der Waals surface area contributed by atoms with Crippen LogP contribution in [0.5, 0.6) is 0 Å². The highest BCUT2D eigenvalue weighted by Gasteiger charge is 2.25. The average molecular weight is 316 g/mol. The summed E-state index contributed by atoms with van der Waals surface area (Å²) in [6.07, 6.45) is 1.94. The number of ether oxygens (including phenoxy) is 1. The summed E-state index contributed by atoms with van der Waals surface area (Å²) in [6.45, 7) is 8.31. The van der Waals surface area contributed by atoms with Crippen LogP contribution in [0, 0.1) is 0 Å². The Bertz CT molecular complexity index is 208. The summed E-state index contributed by atoms with van der Waals surface area (Å²) in [6, 6.07) is 1.07. The monoisotopic (exact) mass is 314 g/mol. The van der Waals surface area contributed by atoms with Crippen LogP contribution in [0.3, 0.4) is 0 Å². The van der Waals surface area contributed by atoms with Gasteiger partial charge in [0.1, 0.15) is 11.7 Å². The van der Waals surface area contributed by atoms with E-state index in [9.17, 15) is 4.79 Å². The highest BCUT2D eigenvalue weighted by molar-refractivity contribution is 9.10. The Morgan fingerprint density at radius 2 is 1.93 bits per heavy atom. The third-order valence-corrected chi connectivity index (χ3v) is 4.32. The van der Waals surface area contributed by atoms with Crippen molar-refractivity contribution < 1.29 is 9.53 Å². The lowest BCUT2D eigenvalue weighted by atomic mass is 10.2. The standard InChI is InChI=1S/C10H20BrClO2Si/c1-10(2,11)9(13)14-7-5-6-8-15(3,4)12/h5-8H2,1-4H3. The van der Waals surface area contributed by atoms with E-state index in [4.69, 9.17) is 15.8 Å². The lowest BCUT2D eigenvalue weighted by Gasteiger charge is -2.15. The Hall–Kier alpha value is 0.457. The van der Waals surface area contributed by atoms with Crippen LogP contribution in [0.1, 0.15) is 26.7 Å². The number of hydrogen-bond acceptors (Lipinski definition) is 2. The zero-order valence-electron chi connectivity index (χ0n) is 9.90. The molecule has 15 heavy (non-hydrogen) atoms. The molecular formula is C10H20BrClO2Si. The minimum atomic E-state index is -1.45. The number of carbonyl (C=O) groups excluding carboxylic acids is 1. The Morgan fingerprint density at radius 1 is 1.40 bits per heavy atom. The first kappa shape index (κ1) is 15.5. The number of esters is 1. The van der Waals surface area contributed by atoms with Crippen LogP contribution in [0.15, 0.2) is 0 Å². The van der Waals surface area contributed by atoms with Crippen molar-refractivity contribution >= 4 is 40.4 Å². The van der Waals surface area contributed by atoms with Crippen LogP contribution in [-0.4, -0.2) is 24.3 Å². The van der Waals surface area contributed by atoms with E-state index in [1.165, 1.54) is 0 Å². The third kappa shape index (κ3) is 9.39. The zero-order valence-corrected chi connectivity index (χ0v) is 13.2. The van der Waals surface area contributed by atoms with Crippen LogP contribution in [-0.2, 0) is 9.53 Å². The predicted molar refractivity (Wildman–Crippen MR) is 71.3 cm³/mol. The number of rotatable bonds is 6. The van der Waals surface area contributed by atoms with Crippen molar-refractivity contribution in [1.29, 1.82) is 0 Å². The minimum Gasteiger partial charge on any atom is -0.465 e. The maximum atomic E-state index is 11.3. The lowest BCUT2D eigenvalue weighted by Crippen LogP contribution is -2.27. The van der Waals surface area contributed by atoms with Crippen molar-refractivity contribution in [1.82, 2.24) is 0 Å². The molecule has 0 amide bonds. The molecule has 5 heteroatoms. The normalized spacial score (nSPS) is 12.7. The Balaban J connectivity index is 3.53. The highest BCUT2D eigenvalue weighted by atomic mass is 79.9. The number of carbonyl (C=O) groups is 1. The van der Waals surface area contributed by atoms with Gasteiger partial charge in [-0.05, 0) is 26.3 Å². The third-order valence-electron chi connectivity index (χ3n) is 1.88. The molecule has 0 saturated carbocycles. The number of hydrogen-bond donors (Lipinski definition) is 0. The van der Waals surface area contributed by atoms with E-state index in [0.717, 1.165) is 18.9 Å². The first-order valence-electron chi connectivity index (χ1n) is 5.18. The second kappa shape index (κ2) is 6.26. The molecule has 0 fully saturated rings. The molecule has 0 bridgehead atoms. The molecule has 2 nitrogen and oxygen atoms in total. The van der Waals surface area contributed by atoms with Gasteiger partial charge in [0.05, 0.1) is 6.61 Å². The van der Waals surface area contributed by atoms with Gasteiger partial charge in [-0.1, -0.05) is 35.4 Å². The number of alkyl halides is 1. The minimum absolute atomic E-state index is 0.204. The van der Waals surface area contributed by atoms with Crippen molar-refractivity contribution in [3.05, 3.63) is 0 Å². The molecule has 0 aromatic heterocycles. The van der Waals surface area contributed by atoms with Gasteiger partial charge in [-0.25, -0.2) is 0 Å². The molecule has 90 valence electrons. The molecule has 0 spiro atoms.